The Balaban J connectivity index is 2.23. The van der Waals surface area contributed by atoms with E-state index in [-0.39, 0.29) is 0 Å². The van der Waals surface area contributed by atoms with E-state index in [0.717, 1.165) is 13.0 Å². The number of carbonyl (C=O) groups is 1. The van der Waals surface area contributed by atoms with Crippen LogP contribution >= 0.6 is 11.6 Å². The Hall–Kier alpha value is -1.36. The van der Waals surface area contributed by atoms with Crippen LogP contribution in [0.25, 0.3) is 0 Å². The first-order valence-corrected chi connectivity index (χ1v) is 6.41. The third-order valence-electron chi connectivity index (χ3n) is 3.62. The van der Waals surface area contributed by atoms with Gasteiger partial charge in [-0.1, -0.05) is 18.5 Å². The minimum atomic E-state index is -0.732. The molecule has 2 heterocycles. The highest BCUT2D eigenvalue weighted by Crippen LogP contribution is 2.35. The maximum absolute atomic E-state index is 11.5. The fourth-order valence-corrected chi connectivity index (χ4v) is 2.57. The zero-order chi connectivity index (χ0) is 13.2. The smallest absolute Gasteiger partial charge is 0.311 e. The fourth-order valence-electron chi connectivity index (χ4n) is 2.43. The summed E-state index contributed by atoms with van der Waals surface area (Å²) in [5.74, 6) is -0.0778. The van der Waals surface area contributed by atoms with E-state index in [1.807, 2.05) is 11.8 Å². The molecule has 1 N–H and O–H groups in total. The monoisotopic (exact) mass is 269 g/mol. The van der Waals surface area contributed by atoms with Crippen molar-refractivity contribution >= 4 is 23.4 Å². The third kappa shape index (κ3) is 2.41. The Morgan fingerprint density at radius 2 is 2.39 bits per heavy atom. The SMILES string of the molecule is CCC1(C(=O)O)CCCN(c2cncc(Cl)n2)C1. The van der Waals surface area contributed by atoms with Crippen molar-refractivity contribution in [2.45, 2.75) is 26.2 Å². The van der Waals surface area contributed by atoms with Crippen LogP contribution in [0.5, 0.6) is 0 Å². The highest BCUT2D eigenvalue weighted by Gasteiger charge is 2.41. The Morgan fingerprint density at radius 3 is 3.00 bits per heavy atom. The minimum Gasteiger partial charge on any atom is -0.481 e. The lowest BCUT2D eigenvalue weighted by Crippen LogP contribution is -2.48. The lowest BCUT2D eigenvalue weighted by Gasteiger charge is -2.39. The van der Waals surface area contributed by atoms with Crippen LogP contribution < -0.4 is 4.90 Å². The summed E-state index contributed by atoms with van der Waals surface area (Å²) in [6.07, 6.45) is 5.27. The molecule has 1 aromatic rings. The molecule has 0 bridgehead atoms. The van der Waals surface area contributed by atoms with Gasteiger partial charge < -0.3 is 10.0 Å². The molecular weight excluding hydrogens is 254 g/mol. The van der Waals surface area contributed by atoms with Crippen LogP contribution in [-0.2, 0) is 4.79 Å². The molecule has 1 aromatic heterocycles. The average molecular weight is 270 g/mol. The molecule has 0 saturated carbocycles. The maximum atomic E-state index is 11.5. The number of nitrogens with zero attached hydrogens (tertiary/aromatic N) is 3. The Morgan fingerprint density at radius 1 is 1.61 bits per heavy atom. The molecular formula is C12H16ClN3O2. The summed E-state index contributed by atoms with van der Waals surface area (Å²) in [5, 5.41) is 9.75. The number of carboxylic acid groups (broad SMARTS) is 1. The highest BCUT2D eigenvalue weighted by molar-refractivity contribution is 6.29. The zero-order valence-electron chi connectivity index (χ0n) is 10.3. The number of piperidine rings is 1. The molecule has 0 amide bonds. The summed E-state index contributed by atoms with van der Waals surface area (Å²) >= 11 is 5.81. The molecule has 1 fully saturated rings. The molecule has 1 unspecified atom stereocenters. The van der Waals surface area contributed by atoms with Gasteiger partial charge in [0.2, 0.25) is 0 Å². The first kappa shape index (κ1) is 13.1. The second-order valence-electron chi connectivity index (χ2n) is 4.66. The van der Waals surface area contributed by atoms with Gasteiger partial charge in [0.15, 0.2) is 0 Å². The van der Waals surface area contributed by atoms with Crippen LogP contribution in [0.3, 0.4) is 0 Å². The second kappa shape index (κ2) is 5.10. The van der Waals surface area contributed by atoms with Crippen molar-refractivity contribution in [3.63, 3.8) is 0 Å². The van der Waals surface area contributed by atoms with E-state index >= 15 is 0 Å². The maximum Gasteiger partial charge on any atom is 0.311 e. The Kier molecular flexibility index (Phi) is 3.71. The van der Waals surface area contributed by atoms with E-state index in [1.54, 1.807) is 6.20 Å². The number of rotatable bonds is 3. The van der Waals surface area contributed by atoms with E-state index in [9.17, 15) is 9.90 Å². The van der Waals surface area contributed by atoms with Gasteiger partial charge in [-0.05, 0) is 19.3 Å². The van der Waals surface area contributed by atoms with Crippen molar-refractivity contribution in [3.8, 4) is 0 Å². The minimum absolute atomic E-state index is 0.329. The van der Waals surface area contributed by atoms with Crippen molar-refractivity contribution in [1.29, 1.82) is 0 Å². The lowest BCUT2D eigenvalue weighted by atomic mass is 9.77. The number of hydrogen-bond acceptors (Lipinski definition) is 4. The second-order valence-corrected chi connectivity index (χ2v) is 5.05. The van der Waals surface area contributed by atoms with E-state index in [2.05, 4.69) is 9.97 Å². The van der Waals surface area contributed by atoms with Gasteiger partial charge in [-0.2, -0.15) is 0 Å². The molecule has 98 valence electrons. The normalized spacial score (nSPS) is 24.0. The van der Waals surface area contributed by atoms with Gasteiger partial charge in [-0.15, -0.1) is 0 Å². The average Bonchev–Trinajstić information content (AvgIpc) is 2.38. The van der Waals surface area contributed by atoms with Gasteiger partial charge in [-0.25, -0.2) is 4.98 Å². The molecule has 6 heteroatoms. The van der Waals surface area contributed by atoms with E-state index in [4.69, 9.17) is 11.6 Å². The molecule has 1 saturated heterocycles. The summed E-state index contributed by atoms with van der Waals surface area (Å²) in [5.41, 5.74) is -0.678. The number of hydrogen-bond donors (Lipinski definition) is 1. The van der Waals surface area contributed by atoms with Crippen LogP contribution in [0.15, 0.2) is 12.4 Å². The number of carboxylic acids is 1. The van der Waals surface area contributed by atoms with E-state index in [0.29, 0.717) is 30.4 Å². The van der Waals surface area contributed by atoms with Crippen molar-refractivity contribution in [2.75, 3.05) is 18.0 Å². The largest absolute Gasteiger partial charge is 0.481 e. The molecule has 1 atom stereocenters. The van der Waals surface area contributed by atoms with E-state index < -0.39 is 11.4 Å². The van der Waals surface area contributed by atoms with Gasteiger partial charge in [0.05, 0.1) is 17.8 Å². The first-order valence-electron chi connectivity index (χ1n) is 6.03. The van der Waals surface area contributed by atoms with Gasteiger partial charge >= 0.3 is 5.97 Å². The molecule has 0 spiro atoms. The number of aromatic nitrogens is 2. The van der Waals surface area contributed by atoms with Crippen LogP contribution in [0, 0.1) is 5.41 Å². The van der Waals surface area contributed by atoms with Gasteiger partial charge in [0.25, 0.3) is 0 Å². The molecule has 0 aliphatic carbocycles. The quantitative estimate of drug-likeness (QED) is 0.911. The van der Waals surface area contributed by atoms with E-state index in [1.165, 1.54) is 6.20 Å². The molecule has 5 nitrogen and oxygen atoms in total. The van der Waals surface area contributed by atoms with Crippen molar-refractivity contribution < 1.29 is 9.90 Å². The van der Waals surface area contributed by atoms with Crippen LogP contribution in [0.1, 0.15) is 26.2 Å². The summed E-state index contributed by atoms with van der Waals surface area (Å²) in [4.78, 5) is 21.6. The number of anilines is 1. The van der Waals surface area contributed by atoms with Gasteiger partial charge in [0.1, 0.15) is 11.0 Å². The summed E-state index contributed by atoms with van der Waals surface area (Å²) < 4.78 is 0. The highest BCUT2D eigenvalue weighted by atomic mass is 35.5. The Bertz CT molecular complexity index is 455. The molecule has 0 aromatic carbocycles. The van der Waals surface area contributed by atoms with Gasteiger partial charge in [-0.3, -0.25) is 9.78 Å². The third-order valence-corrected chi connectivity index (χ3v) is 3.81. The molecule has 1 aliphatic heterocycles. The fraction of sp³-hybridized carbons (Fsp3) is 0.583. The predicted molar refractivity (Wildman–Crippen MR) is 68.8 cm³/mol. The molecule has 18 heavy (non-hydrogen) atoms. The number of halogens is 1. The first-order chi connectivity index (χ1) is 8.57. The van der Waals surface area contributed by atoms with Crippen LogP contribution in [-0.4, -0.2) is 34.1 Å². The lowest BCUT2D eigenvalue weighted by molar-refractivity contribution is -0.149. The van der Waals surface area contributed by atoms with Crippen LogP contribution in [0.2, 0.25) is 5.15 Å². The van der Waals surface area contributed by atoms with Gasteiger partial charge in [0, 0.05) is 13.1 Å². The number of aliphatic carboxylic acids is 1. The summed E-state index contributed by atoms with van der Waals surface area (Å²) in [6, 6.07) is 0. The van der Waals surface area contributed by atoms with Crippen molar-refractivity contribution in [3.05, 3.63) is 17.5 Å². The van der Waals surface area contributed by atoms with Crippen LogP contribution in [0.4, 0.5) is 5.82 Å². The predicted octanol–water partition coefficient (Wildman–Crippen LogP) is 2.21. The standard InChI is InChI=1S/C12H16ClN3O2/c1-2-12(11(17)18)4-3-5-16(8-12)10-7-14-6-9(13)15-10/h6-7H,2-5,8H2,1H3,(H,17,18). The summed E-state index contributed by atoms with van der Waals surface area (Å²) in [6.45, 7) is 3.18. The van der Waals surface area contributed by atoms with Crippen molar-refractivity contribution in [1.82, 2.24) is 9.97 Å². The summed E-state index contributed by atoms with van der Waals surface area (Å²) in [7, 11) is 0. The Labute approximate surface area is 111 Å². The molecule has 2 rings (SSSR count). The molecule has 0 radical (unpaired) electrons. The topological polar surface area (TPSA) is 66.3 Å². The molecule has 1 aliphatic rings. The van der Waals surface area contributed by atoms with Crippen molar-refractivity contribution in [2.24, 2.45) is 5.41 Å². The zero-order valence-corrected chi connectivity index (χ0v) is 11.0.